The summed E-state index contributed by atoms with van der Waals surface area (Å²) in [5.41, 5.74) is 7.15. The topological polar surface area (TPSA) is 20.3 Å². The number of likely N-dealkylation sites (tertiary alicyclic amines) is 1. The number of hydrogen-bond donors (Lipinski definition) is 0. The Balaban J connectivity index is 1.93. The van der Waals surface area contributed by atoms with Gasteiger partial charge in [-0.1, -0.05) is 29.8 Å². The first kappa shape index (κ1) is 14.9. The lowest BCUT2D eigenvalue weighted by Gasteiger charge is -2.27. The molecule has 1 fully saturated rings. The number of aryl methyl sites for hydroxylation is 2. The fourth-order valence-corrected chi connectivity index (χ4v) is 4.78. The van der Waals surface area contributed by atoms with E-state index in [9.17, 15) is 4.79 Å². The lowest BCUT2D eigenvalue weighted by Crippen LogP contribution is -2.27. The van der Waals surface area contributed by atoms with E-state index < -0.39 is 0 Å². The molecule has 2 aliphatic rings. The number of fused-ring (bicyclic) bond motifs is 2. The molecule has 0 atom stereocenters. The molecule has 0 bridgehead atoms. The van der Waals surface area contributed by atoms with Crippen LogP contribution in [0.3, 0.4) is 0 Å². The maximum atomic E-state index is 11.3. The molecule has 2 nitrogen and oxygen atoms in total. The summed E-state index contributed by atoms with van der Waals surface area (Å²) in [7, 11) is 2.20. The van der Waals surface area contributed by atoms with Gasteiger partial charge in [-0.3, -0.25) is 4.79 Å². The van der Waals surface area contributed by atoms with Crippen LogP contribution in [-0.2, 0) is 12.8 Å². The Labute approximate surface area is 141 Å². The lowest BCUT2D eigenvalue weighted by molar-refractivity contribution is 0.112. The number of aldehydes is 1. The summed E-state index contributed by atoms with van der Waals surface area (Å²) in [6.07, 6.45) is 5.38. The molecule has 3 heteroatoms. The summed E-state index contributed by atoms with van der Waals surface area (Å²) in [6.45, 7) is 2.25. The maximum Gasteiger partial charge on any atom is 0.160 e. The molecule has 0 spiro atoms. The van der Waals surface area contributed by atoms with Crippen LogP contribution in [0.15, 0.2) is 35.9 Å². The second kappa shape index (κ2) is 6.06. The molecule has 1 aromatic carbocycles. The third-order valence-corrected chi connectivity index (χ3v) is 6.19. The highest BCUT2D eigenvalue weighted by Gasteiger charge is 2.24. The van der Waals surface area contributed by atoms with E-state index in [1.165, 1.54) is 27.1 Å². The number of carbonyl (C=O) groups is 1. The molecule has 0 radical (unpaired) electrons. The Bertz CT molecular complexity index is 777. The average Bonchev–Trinajstić information content (AvgIpc) is 2.92. The highest BCUT2D eigenvalue weighted by molar-refractivity contribution is 7.13. The minimum atomic E-state index is 0.861. The number of nitrogens with zero attached hydrogens (tertiary/aromatic N) is 1. The number of thiophene rings is 1. The van der Waals surface area contributed by atoms with Crippen LogP contribution < -0.4 is 0 Å². The largest absolute Gasteiger partial charge is 0.306 e. The molecule has 4 rings (SSSR count). The minimum Gasteiger partial charge on any atom is -0.306 e. The van der Waals surface area contributed by atoms with E-state index in [0.29, 0.717) is 0 Å². The predicted molar refractivity (Wildman–Crippen MR) is 96.3 cm³/mol. The highest BCUT2D eigenvalue weighted by atomic mass is 32.1. The molecule has 1 aliphatic heterocycles. The van der Waals surface area contributed by atoms with Gasteiger partial charge in [0.2, 0.25) is 0 Å². The Kier molecular flexibility index (Phi) is 3.92. The first-order valence-corrected chi connectivity index (χ1v) is 9.15. The van der Waals surface area contributed by atoms with E-state index >= 15 is 0 Å². The second-order valence-electron chi connectivity index (χ2n) is 6.54. The van der Waals surface area contributed by atoms with Crippen molar-refractivity contribution in [1.29, 1.82) is 0 Å². The quantitative estimate of drug-likeness (QED) is 0.734. The van der Waals surface area contributed by atoms with Crippen molar-refractivity contribution >= 4 is 23.2 Å². The van der Waals surface area contributed by atoms with Crippen molar-refractivity contribution in [2.24, 2.45) is 0 Å². The van der Waals surface area contributed by atoms with Crippen molar-refractivity contribution in [3.63, 3.8) is 0 Å². The summed E-state index contributed by atoms with van der Waals surface area (Å²) in [6, 6.07) is 10.9. The fourth-order valence-electron chi connectivity index (χ4n) is 3.80. The van der Waals surface area contributed by atoms with Gasteiger partial charge in [-0.2, -0.15) is 0 Å². The summed E-state index contributed by atoms with van der Waals surface area (Å²) in [4.78, 5) is 15.9. The van der Waals surface area contributed by atoms with Crippen molar-refractivity contribution in [1.82, 2.24) is 4.90 Å². The molecule has 118 valence electrons. The van der Waals surface area contributed by atoms with Crippen LogP contribution in [0.1, 0.15) is 44.1 Å². The van der Waals surface area contributed by atoms with Gasteiger partial charge in [0.25, 0.3) is 0 Å². The monoisotopic (exact) mass is 323 g/mol. The van der Waals surface area contributed by atoms with Crippen molar-refractivity contribution in [3.8, 4) is 0 Å². The number of hydrogen-bond acceptors (Lipinski definition) is 3. The lowest BCUT2D eigenvalue weighted by atomic mass is 9.87. The van der Waals surface area contributed by atoms with Gasteiger partial charge in [0, 0.05) is 18.0 Å². The molecule has 2 heterocycles. The van der Waals surface area contributed by atoms with Crippen LogP contribution in [0.5, 0.6) is 0 Å². The molecule has 23 heavy (non-hydrogen) atoms. The van der Waals surface area contributed by atoms with Crippen molar-refractivity contribution in [3.05, 3.63) is 62.3 Å². The number of benzene rings is 1. The van der Waals surface area contributed by atoms with Gasteiger partial charge < -0.3 is 4.90 Å². The number of piperidine rings is 1. The SMILES string of the molecule is CN1CCC(=C2c3ccccc3CCc3sc(C=O)cc32)CC1. The molecule has 2 aromatic rings. The van der Waals surface area contributed by atoms with Crippen LogP contribution in [0.4, 0.5) is 0 Å². The van der Waals surface area contributed by atoms with Gasteiger partial charge in [0.05, 0.1) is 4.88 Å². The Hall–Kier alpha value is -1.71. The molecule has 1 aliphatic carbocycles. The van der Waals surface area contributed by atoms with Crippen LogP contribution in [0.2, 0.25) is 0 Å². The van der Waals surface area contributed by atoms with Gasteiger partial charge >= 0.3 is 0 Å². The summed E-state index contributed by atoms with van der Waals surface area (Å²) < 4.78 is 0. The summed E-state index contributed by atoms with van der Waals surface area (Å²) in [5, 5.41) is 0. The zero-order valence-electron chi connectivity index (χ0n) is 13.5. The maximum absolute atomic E-state index is 11.3. The van der Waals surface area contributed by atoms with Gasteiger partial charge in [0.1, 0.15) is 0 Å². The summed E-state index contributed by atoms with van der Waals surface area (Å²) >= 11 is 1.67. The molecular weight excluding hydrogens is 302 g/mol. The number of rotatable bonds is 1. The Morgan fingerprint density at radius 2 is 1.83 bits per heavy atom. The second-order valence-corrected chi connectivity index (χ2v) is 7.71. The van der Waals surface area contributed by atoms with Crippen molar-refractivity contribution in [2.45, 2.75) is 25.7 Å². The Morgan fingerprint density at radius 1 is 1.04 bits per heavy atom. The molecule has 0 amide bonds. The first-order valence-electron chi connectivity index (χ1n) is 8.33. The van der Waals surface area contributed by atoms with Crippen molar-refractivity contribution < 1.29 is 4.79 Å². The molecule has 0 saturated carbocycles. The third-order valence-electron chi connectivity index (χ3n) is 5.07. The van der Waals surface area contributed by atoms with Crippen LogP contribution in [0, 0.1) is 0 Å². The highest BCUT2D eigenvalue weighted by Crippen LogP contribution is 2.41. The van der Waals surface area contributed by atoms with Gasteiger partial charge in [-0.05, 0) is 61.1 Å². The Morgan fingerprint density at radius 3 is 2.61 bits per heavy atom. The zero-order valence-corrected chi connectivity index (χ0v) is 14.3. The molecular formula is C20H21NOS. The third kappa shape index (κ3) is 2.68. The van der Waals surface area contributed by atoms with Gasteiger partial charge in [-0.15, -0.1) is 11.3 Å². The first-order chi connectivity index (χ1) is 11.3. The molecule has 0 unspecified atom stereocenters. The normalized spacial score (nSPS) is 18.3. The molecule has 0 N–H and O–H groups in total. The average molecular weight is 323 g/mol. The summed E-state index contributed by atoms with van der Waals surface area (Å²) in [5.74, 6) is 0. The van der Waals surface area contributed by atoms with Crippen LogP contribution in [0.25, 0.3) is 5.57 Å². The molecule has 1 aromatic heterocycles. The smallest absolute Gasteiger partial charge is 0.160 e. The van der Waals surface area contributed by atoms with E-state index in [-0.39, 0.29) is 0 Å². The standard InChI is InChI=1S/C20H21NOS/c1-21-10-8-15(9-11-21)20-17-5-3-2-4-14(17)6-7-19-18(20)12-16(13-22)23-19/h2-5,12-13H,6-11H2,1H3. The van der Waals surface area contributed by atoms with Crippen molar-refractivity contribution in [2.75, 3.05) is 20.1 Å². The van der Waals surface area contributed by atoms with E-state index in [2.05, 4.69) is 42.3 Å². The zero-order chi connectivity index (χ0) is 15.8. The van der Waals surface area contributed by atoms with E-state index in [4.69, 9.17) is 0 Å². The predicted octanol–water partition coefficient (Wildman–Crippen LogP) is 4.19. The minimum absolute atomic E-state index is 0.861. The van der Waals surface area contributed by atoms with Gasteiger partial charge in [0.15, 0.2) is 6.29 Å². The molecule has 1 saturated heterocycles. The van der Waals surface area contributed by atoms with Crippen LogP contribution >= 0.6 is 11.3 Å². The van der Waals surface area contributed by atoms with E-state index in [1.807, 2.05) is 0 Å². The van der Waals surface area contributed by atoms with E-state index in [0.717, 1.165) is 49.9 Å². The van der Waals surface area contributed by atoms with Crippen LogP contribution in [-0.4, -0.2) is 31.3 Å². The van der Waals surface area contributed by atoms with E-state index in [1.54, 1.807) is 16.9 Å². The fraction of sp³-hybridized carbons (Fsp3) is 0.350. The number of carbonyl (C=O) groups excluding carboxylic acids is 1. The van der Waals surface area contributed by atoms with Gasteiger partial charge in [-0.25, -0.2) is 0 Å².